The molecule has 0 atom stereocenters. The van der Waals surface area contributed by atoms with E-state index in [2.05, 4.69) is 4.98 Å². The van der Waals surface area contributed by atoms with E-state index >= 15 is 0 Å². The molecule has 0 aliphatic carbocycles. The number of para-hydroxylation sites is 1. The molecular formula is C24H20N2O3. The Hall–Kier alpha value is -3.73. The summed E-state index contributed by atoms with van der Waals surface area (Å²) in [6, 6.07) is 20.6. The standard InChI is InChI=1S/C24H20N2O3/c27-23-20-10-4-5-11-22(20)29-17-21(23)24(28)26(16-19-9-6-13-25-15-19)14-12-18-7-2-1-3-8-18/h1-11,13,15,17H,12,14,16H2. The molecule has 2 aromatic carbocycles. The van der Waals surface area contributed by atoms with Gasteiger partial charge in [-0.3, -0.25) is 14.6 Å². The maximum Gasteiger partial charge on any atom is 0.261 e. The molecule has 0 radical (unpaired) electrons. The Bertz CT molecular complexity index is 1170. The number of carbonyl (C=O) groups excluding carboxylic acids is 1. The van der Waals surface area contributed by atoms with E-state index in [1.165, 1.54) is 6.26 Å². The molecule has 2 aromatic heterocycles. The lowest BCUT2D eigenvalue weighted by Gasteiger charge is -2.22. The smallest absolute Gasteiger partial charge is 0.261 e. The molecule has 144 valence electrons. The highest BCUT2D eigenvalue weighted by molar-refractivity contribution is 5.96. The Morgan fingerprint density at radius 3 is 2.48 bits per heavy atom. The highest BCUT2D eigenvalue weighted by Gasteiger charge is 2.21. The summed E-state index contributed by atoms with van der Waals surface area (Å²) in [5.74, 6) is -0.343. The van der Waals surface area contributed by atoms with Gasteiger partial charge < -0.3 is 9.32 Å². The van der Waals surface area contributed by atoms with E-state index in [0.29, 0.717) is 30.5 Å². The van der Waals surface area contributed by atoms with Crippen molar-refractivity contribution in [2.24, 2.45) is 0 Å². The molecule has 4 aromatic rings. The normalized spacial score (nSPS) is 10.8. The predicted octanol–water partition coefficient (Wildman–Crippen LogP) is 4.07. The number of aromatic nitrogens is 1. The first-order chi connectivity index (χ1) is 14.2. The molecule has 0 spiro atoms. The highest BCUT2D eigenvalue weighted by Crippen LogP contribution is 2.14. The first-order valence-corrected chi connectivity index (χ1v) is 9.45. The second-order valence-electron chi connectivity index (χ2n) is 6.80. The summed E-state index contributed by atoms with van der Waals surface area (Å²) in [6.45, 7) is 0.843. The van der Waals surface area contributed by atoms with E-state index in [9.17, 15) is 9.59 Å². The highest BCUT2D eigenvalue weighted by atomic mass is 16.3. The van der Waals surface area contributed by atoms with Crippen LogP contribution in [0.1, 0.15) is 21.5 Å². The Morgan fingerprint density at radius 1 is 0.931 bits per heavy atom. The van der Waals surface area contributed by atoms with Gasteiger partial charge in [0.1, 0.15) is 17.4 Å². The van der Waals surface area contributed by atoms with Crippen LogP contribution in [0.4, 0.5) is 0 Å². The second kappa shape index (κ2) is 8.52. The molecule has 2 heterocycles. The third kappa shape index (κ3) is 4.24. The minimum absolute atomic E-state index is 0.0423. The third-order valence-corrected chi connectivity index (χ3v) is 4.81. The van der Waals surface area contributed by atoms with Crippen molar-refractivity contribution in [2.75, 3.05) is 6.54 Å². The van der Waals surface area contributed by atoms with E-state index in [1.54, 1.807) is 41.6 Å². The molecular weight excluding hydrogens is 364 g/mol. The summed E-state index contributed by atoms with van der Waals surface area (Å²) < 4.78 is 5.55. The van der Waals surface area contributed by atoms with Gasteiger partial charge in [0.2, 0.25) is 5.43 Å². The maximum absolute atomic E-state index is 13.3. The van der Waals surface area contributed by atoms with Crippen LogP contribution in [0, 0.1) is 0 Å². The maximum atomic E-state index is 13.3. The molecule has 0 saturated carbocycles. The molecule has 0 aliphatic rings. The van der Waals surface area contributed by atoms with Gasteiger partial charge >= 0.3 is 0 Å². The topological polar surface area (TPSA) is 63.4 Å². The van der Waals surface area contributed by atoms with Crippen LogP contribution in [0.25, 0.3) is 11.0 Å². The molecule has 5 heteroatoms. The molecule has 1 amide bonds. The van der Waals surface area contributed by atoms with Crippen molar-refractivity contribution in [1.29, 1.82) is 0 Å². The summed E-state index contributed by atoms with van der Waals surface area (Å²) in [7, 11) is 0. The van der Waals surface area contributed by atoms with Gasteiger partial charge in [0, 0.05) is 25.5 Å². The largest absolute Gasteiger partial charge is 0.463 e. The number of carbonyl (C=O) groups is 1. The Kier molecular flexibility index (Phi) is 5.47. The molecule has 0 N–H and O–H groups in total. The number of hydrogen-bond acceptors (Lipinski definition) is 4. The van der Waals surface area contributed by atoms with Crippen molar-refractivity contribution in [3.8, 4) is 0 Å². The quantitative estimate of drug-likeness (QED) is 0.503. The zero-order valence-corrected chi connectivity index (χ0v) is 15.8. The van der Waals surface area contributed by atoms with Crippen LogP contribution >= 0.6 is 0 Å². The van der Waals surface area contributed by atoms with Gasteiger partial charge in [-0.25, -0.2) is 0 Å². The average molecular weight is 384 g/mol. The van der Waals surface area contributed by atoms with Gasteiger partial charge in [-0.15, -0.1) is 0 Å². The van der Waals surface area contributed by atoms with Crippen molar-refractivity contribution in [3.05, 3.63) is 112 Å². The number of benzene rings is 2. The summed E-state index contributed by atoms with van der Waals surface area (Å²) in [5, 5.41) is 0.405. The van der Waals surface area contributed by atoms with Crippen LogP contribution in [0.3, 0.4) is 0 Å². The minimum Gasteiger partial charge on any atom is -0.463 e. The molecule has 4 rings (SSSR count). The van der Waals surface area contributed by atoms with Gasteiger partial charge in [0.05, 0.1) is 5.39 Å². The van der Waals surface area contributed by atoms with Crippen molar-refractivity contribution in [2.45, 2.75) is 13.0 Å². The summed E-state index contributed by atoms with van der Waals surface area (Å²) in [6.07, 6.45) is 5.38. The van der Waals surface area contributed by atoms with Gasteiger partial charge in [0.15, 0.2) is 0 Å². The lowest BCUT2D eigenvalue weighted by Crippen LogP contribution is -2.35. The van der Waals surface area contributed by atoms with Crippen LogP contribution in [0.5, 0.6) is 0 Å². The van der Waals surface area contributed by atoms with E-state index in [0.717, 1.165) is 11.1 Å². The third-order valence-electron chi connectivity index (χ3n) is 4.81. The fraction of sp³-hybridized carbons (Fsp3) is 0.125. The molecule has 29 heavy (non-hydrogen) atoms. The number of pyridine rings is 1. The molecule has 0 saturated heterocycles. The van der Waals surface area contributed by atoms with Crippen LogP contribution in [-0.2, 0) is 13.0 Å². The van der Waals surface area contributed by atoms with Crippen LogP contribution < -0.4 is 5.43 Å². The number of nitrogens with zero attached hydrogens (tertiary/aromatic N) is 2. The van der Waals surface area contributed by atoms with Crippen LogP contribution in [0.15, 0.2) is 94.6 Å². The number of hydrogen-bond donors (Lipinski definition) is 0. The number of fused-ring (bicyclic) bond motifs is 1. The zero-order valence-electron chi connectivity index (χ0n) is 15.8. The fourth-order valence-corrected chi connectivity index (χ4v) is 3.27. The summed E-state index contributed by atoms with van der Waals surface area (Å²) in [5.41, 5.74) is 2.23. The molecule has 0 fully saturated rings. The molecule has 5 nitrogen and oxygen atoms in total. The van der Waals surface area contributed by atoms with E-state index in [4.69, 9.17) is 4.42 Å². The molecule has 0 unspecified atom stereocenters. The fourth-order valence-electron chi connectivity index (χ4n) is 3.27. The van der Waals surface area contributed by atoms with Crippen LogP contribution in [0.2, 0.25) is 0 Å². The lowest BCUT2D eigenvalue weighted by molar-refractivity contribution is 0.0741. The van der Waals surface area contributed by atoms with E-state index in [-0.39, 0.29) is 16.9 Å². The van der Waals surface area contributed by atoms with E-state index < -0.39 is 0 Å². The Balaban J connectivity index is 1.65. The SMILES string of the molecule is O=C(c1coc2ccccc2c1=O)N(CCc1ccccc1)Cc1cccnc1. The van der Waals surface area contributed by atoms with Gasteiger partial charge in [-0.2, -0.15) is 0 Å². The first-order valence-electron chi connectivity index (χ1n) is 9.45. The Labute approximate surface area is 168 Å². The van der Waals surface area contributed by atoms with Crippen molar-refractivity contribution < 1.29 is 9.21 Å². The Morgan fingerprint density at radius 2 is 1.69 bits per heavy atom. The van der Waals surface area contributed by atoms with E-state index in [1.807, 2.05) is 42.5 Å². The predicted molar refractivity (Wildman–Crippen MR) is 112 cm³/mol. The van der Waals surface area contributed by atoms with Crippen molar-refractivity contribution in [1.82, 2.24) is 9.88 Å². The number of rotatable bonds is 6. The van der Waals surface area contributed by atoms with Gasteiger partial charge in [0.25, 0.3) is 5.91 Å². The van der Waals surface area contributed by atoms with Crippen molar-refractivity contribution >= 4 is 16.9 Å². The van der Waals surface area contributed by atoms with Crippen LogP contribution in [-0.4, -0.2) is 22.3 Å². The van der Waals surface area contributed by atoms with Gasteiger partial charge in [-0.1, -0.05) is 48.5 Å². The zero-order chi connectivity index (χ0) is 20.1. The van der Waals surface area contributed by atoms with Gasteiger partial charge in [-0.05, 0) is 35.7 Å². The average Bonchev–Trinajstić information content (AvgIpc) is 2.78. The lowest BCUT2D eigenvalue weighted by atomic mass is 10.1. The van der Waals surface area contributed by atoms with Crippen molar-refractivity contribution in [3.63, 3.8) is 0 Å². The summed E-state index contributed by atoms with van der Waals surface area (Å²) >= 11 is 0. The first kappa shape index (κ1) is 18.6. The monoisotopic (exact) mass is 384 g/mol. The number of amides is 1. The molecule has 0 bridgehead atoms. The molecule has 0 aliphatic heterocycles. The minimum atomic E-state index is -0.343. The second-order valence-corrected chi connectivity index (χ2v) is 6.80. The summed E-state index contributed by atoms with van der Waals surface area (Å²) in [4.78, 5) is 32.0.